The number of hydrogen-bond acceptors (Lipinski definition) is 2. The summed E-state index contributed by atoms with van der Waals surface area (Å²) in [5, 5.41) is 8.48. The Hall–Kier alpha value is -1.87. The van der Waals surface area contributed by atoms with E-state index in [4.69, 9.17) is 0 Å². The minimum atomic E-state index is -0.571. The summed E-state index contributed by atoms with van der Waals surface area (Å²) >= 11 is 0. The van der Waals surface area contributed by atoms with E-state index >= 15 is 0 Å². The lowest BCUT2D eigenvalue weighted by Crippen LogP contribution is -2.51. The number of fused-ring (bicyclic) bond motifs is 1. The number of hydrogen-bond donors (Lipinski definition) is 2. The highest BCUT2D eigenvalue weighted by Crippen LogP contribution is 2.24. The Morgan fingerprint density at radius 2 is 1.75 bits per heavy atom. The molecule has 0 spiro atoms. The molecule has 0 bridgehead atoms. The first kappa shape index (κ1) is 14.5. The van der Waals surface area contributed by atoms with E-state index in [1.165, 1.54) is 10.8 Å². The van der Waals surface area contributed by atoms with Crippen molar-refractivity contribution in [2.24, 2.45) is 0 Å². The van der Waals surface area contributed by atoms with E-state index in [1.807, 2.05) is 39.0 Å². The van der Waals surface area contributed by atoms with Gasteiger partial charge in [-0.25, -0.2) is 0 Å². The van der Waals surface area contributed by atoms with Crippen LogP contribution in [0.4, 0.5) is 0 Å². The molecule has 1 unspecified atom stereocenters. The number of benzene rings is 2. The zero-order valence-electron chi connectivity index (χ0n) is 12.5. The molecule has 3 nitrogen and oxygen atoms in total. The van der Waals surface area contributed by atoms with Gasteiger partial charge in [0.2, 0.25) is 5.91 Å². The monoisotopic (exact) mass is 270 g/mol. The molecule has 20 heavy (non-hydrogen) atoms. The maximum absolute atomic E-state index is 12.2. The lowest BCUT2D eigenvalue weighted by atomic mass is 9.98. The Balaban J connectivity index is 2.28. The van der Waals surface area contributed by atoms with E-state index in [0.29, 0.717) is 0 Å². The third kappa shape index (κ3) is 2.83. The van der Waals surface area contributed by atoms with Crippen LogP contribution in [0.2, 0.25) is 0 Å². The Kier molecular flexibility index (Phi) is 4.09. The van der Waals surface area contributed by atoms with Crippen LogP contribution in [0.3, 0.4) is 0 Å². The van der Waals surface area contributed by atoms with Crippen molar-refractivity contribution in [3.8, 4) is 0 Å². The molecule has 0 aliphatic carbocycles. The molecule has 0 aromatic heterocycles. The van der Waals surface area contributed by atoms with Crippen LogP contribution >= 0.6 is 0 Å². The third-order valence-corrected chi connectivity index (χ3v) is 3.83. The molecule has 2 N–H and O–H groups in total. The topological polar surface area (TPSA) is 41.1 Å². The molecule has 0 saturated carbocycles. The fourth-order valence-corrected chi connectivity index (χ4v) is 2.20. The molecular weight excluding hydrogens is 248 g/mol. The normalized spacial score (nSPS) is 13.2. The molecule has 0 radical (unpaired) electrons. The molecule has 2 aromatic rings. The minimum Gasteiger partial charge on any atom is -0.348 e. The number of carbonyl (C=O) groups is 1. The summed E-state index contributed by atoms with van der Waals surface area (Å²) in [6.45, 7) is 5.77. The Labute approximate surface area is 120 Å². The molecule has 1 amide bonds. The second-order valence-corrected chi connectivity index (χ2v) is 5.64. The van der Waals surface area contributed by atoms with Gasteiger partial charge in [-0.2, -0.15) is 0 Å². The molecule has 106 valence electrons. The molecule has 0 fully saturated rings. The second-order valence-electron chi connectivity index (χ2n) is 5.64. The van der Waals surface area contributed by atoms with Crippen LogP contribution in [-0.2, 0) is 4.79 Å². The van der Waals surface area contributed by atoms with E-state index in [2.05, 4.69) is 34.9 Å². The van der Waals surface area contributed by atoms with Crippen molar-refractivity contribution >= 4 is 16.7 Å². The zero-order chi connectivity index (χ0) is 14.8. The van der Waals surface area contributed by atoms with Crippen LogP contribution in [-0.4, -0.2) is 18.5 Å². The molecule has 0 saturated heterocycles. The largest absolute Gasteiger partial charge is 0.348 e. The number of nitrogens with one attached hydrogen (secondary N) is 2. The van der Waals surface area contributed by atoms with E-state index in [-0.39, 0.29) is 11.9 Å². The maximum atomic E-state index is 12.2. The predicted octanol–water partition coefficient (Wildman–Crippen LogP) is 3.02. The van der Waals surface area contributed by atoms with Crippen molar-refractivity contribution in [3.63, 3.8) is 0 Å². The summed E-state index contributed by atoms with van der Waals surface area (Å²) in [6, 6.07) is 14.4. The van der Waals surface area contributed by atoms with Gasteiger partial charge in [-0.1, -0.05) is 42.5 Å². The molecule has 0 heterocycles. The van der Waals surface area contributed by atoms with Crippen LogP contribution < -0.4 is 10.6 Å². The van der Waals surface area contributed by atoms with Crippen LogP contribution in [0.25, 0.3) is 10.8 Å². The first-order chi connectivity index (χ1) is 9.45. The van der Waals surface area contributed by atoms with E-state index in [1.54, 1.807) is 7.05 Å². The number of carbonyl (C=O) groups excluding carboxylic acids is 1. The average molecular weight is 270 g/mol. The highest BCUT2D eigenvalue weighted by atomic mass is 16.2. The fraction of sp³-hybridized carbons (Fsp3) is 0.353. The molecule has 1 atom stereocenters. The van der Waals surface area contributed by atoms with Crippen molar-refractivity contribution < 1.29 is 4.79 Å². The number of rotatable bonds is 4. The molecule has 2 rings (SSSR count). The SMILES string of the molecule is CNC(C)(C)C(=O)NC(C)c1cccc2ccccc12. The summed E-state index contributed by atoms with van der Waals surface area (Å²) in [5.41, 5.74) is 0.571. The highest BCUT2D eigenvalue weighted by Gasteiger charge is 2.26. The maximum Gasteiger partial charge on any atom is 0.240 e. The van der Waals surface area contributed by atoms with Gasteiger partial charge >= 0.3 is 0 Å². The quantitative estimate of drug-likeness (QED) is 0.896. The fourth-order valence-electron chi connectivity index (χ4n) is 2.20. The van der Waals surface area contributed by atoms with Gasteiger partial charge in [-0.05, 0) is 44.2 Å². The van der Waals surface area contributed by atoms with E-state index in [9.17, 15) is 4.79 Å². The Morgan fingerprint density at radius 1 is 1.10 bits per heavy atom. The molecule has 0 aliphatic heterocycles. The molecule has 2 aromatic carbocycles. The average Bonchev–Trinajstić information content (AvgIpc) is 2.46. The van der Waals surface area contributed by atoms with Crippen molar-refractivity contribution in [1.29, 1.82) is 0 Å². The Morgan fingerprint density at radius 3 is 2.45 bits per heavy atom. The summed E-state index contributed by atoms with van der Waals surface area (Å²) in [5.74, 6) is 0.000402. The summed E-state index contributed by atoms with van der Waals surface area (Å²) < 4.78 is 0. The summed E-state index contributed by atoms with van der Waals surface area (Å²) in [4.78, 5) is 12.2. The van der Waals surface area contributed by atoms with Gasteiger partial charge in [0.05, 0.1) is 11.6 Å². The van der Waals surface area contributed by atoms with Gasteiger partial charge in [0.1, 0.15) is 0 Å². The van der Waals surface area contributed by atoms with Crippen LogP contribution in [0, 0.1) is 0 Å². The van der Waals surface area contributed by atoms with Gasteiger partial charge in [-0.3, -0.25) is 4.79 Å². The van der Waals surface area contributed by atoms with Gasteiger partial charge in [0.15, 0.2) is 0 Å². The van der Waals surface area contributed by atoms with Crippen LogP contribution in [0.5, 0.6) is 0 Å². The number of likely N-dealkylation sites (N-methyl/N-ethyl adjacent to an activating group) is 1. The molecular formula is C17H22N2O. The van der Waals surface area contributed by atoms with Crippen molar-refractivity contribution in [2.75, 3.05) is 7.05 Å². The second kappa shape index (κ2) is 5.63. The lowest BCUT2D eigenvalue weighted by Gasteiger charge is -2.26. The van der Waals surface area contributed by atoms with Gasteiger partial charge in [0, 0.05) is 0 Å². The van der Waals surface area contributed by atoms with E-state index < -0.39 is 5.54 Å². The van der Waals surface area contributed by atoms with Gasteiger partial charge < -0.3 is 10.6 Å². The van der Waals surface area contributed by atoms with Crippen LogP contribution in [0.15, 0.2) is 42.5 Å². The van der Waals surface area contributed by atoms with Crippen molar-refractivity contribution in [3.05, 3.63) is 48.0 Å². The van der Waals surface area contributed by atoms with Crippen molar-refractivity contribution in [1.82, 2.24) is 10.6 Å². The highest BCUT2D eigenvalue weighted by molar-refractivity contribution is 5.88. The standard InChI is InChI=1S/C17H22N2O/c1-12(19-16(20)17(2,3)18-4)14-11-7-9-13-8-5-6-10-15(13)14/h5-12,18H,1-4H3,(H,19,20). The summed E-state index contributed by atoms with van der Waals surface area (Å²) in [7, 11) is 1.79. The van der Waals surface area contributed by atoms with Crippen molar-refractivity contribution in [2.45, 2.75) is 32.4 Å². The van der Waals surface area contributed by atoms with Gasteiger partial charge in [-0.15, -0.1) is 0 Å². The summed E-state index contributed by atoms with van der Waals surface area (Å²) in [6.07, 6.45) is 0. The van der Waals surface area contributed by atoms with Crippen LogP contribution in [0.1, 0.15) is 32.4 Å². The zero-order valence-corrected chi connectivity index (χ0v) is 12.5. The number of amides is 1. The minimum absolute atomic E-state index is 0.000402. The smallest absolute Gasteiger partial charge is 0.240 e. The third-order valence-electron chi connectivity index (χ3n) is 3.83. The molecule has 3 heteroatoms. The first-order valence-corrected chi connectivity index (χ1v) is 6.93. The lowest BCUT2D eigenvalue weighted by molar-refractivity contribution is -0.126. The van der Waals surface area contributed by atoms with Gasteiger partial charge in [0.25, 0.3) is 0 Å². The predicted molar refractivity (Wildman–Crippen MR) is 83.6 cm³/mol. The first-order valence-electron chi connectivity index (χ1n) is 6.93. The molecule has 0 aliphatic rings. The van der Waals surface area contributed by atoms with E-state index in [0.717, 1.165) is 5.56 Å². The Bertz CT molecular complexity index is 614.